The van der Waals surface area contributed by atoms with Crippen molar-refractivity contribution in [2.24, 2.45) is 5.92 Å². The number of allylic oxidation sites excluding steroid dienone is 1. The van der Waals surface area contributed by atoms with Crippen LogP contribution in [0.3, 0.4) is 0 Å². The van der Waals surface area contributed by atoms with Gasteiger partial charge in [0.05, 0.1) is 18.0 Å². The van der Waals surface area contributed by atoms with Gasteiger partial charge in [0.25, 0.3) is 0 Å². The summed E-state index contributed by atoms with van der Waals surface area (Å²) < 4.78 is 0. The molecule has 5 nitrogen and oxygen atoms in total. The molecule has 3 aromatic rings. The first kappa shape index (κ1) is 21.8. The number of Topliss-reactive ketones (excluding diaryl/α,β-unsaturated/α-hetero) is 2. The summed E-state index contributed by atoms with van der Waals surface area (Å²) in [5.41, 5.74) is 3.46. The van der Waals surface area contributed by atoms with Gasteiger partial charge in [-0.2, -0.15) is 0 Å². The van der Waals surface area contributed by atoms with Crippen LogP contribution in [0.1, 0.15) is 35.3 Å². The lowest BCUT2D eigenvalue weighted by molar-refractivity contribution is -0.122. The molecule has 6 heteroatoms. The lowest BCUT2D eigenvalue weighted by atomic mass is 9.64. The van der Waals surface area contributed by atoms with Crippen molar-refractivity contribution in [2.75, 3.05) is 10.2 Å². The summed E-state index contributed by atoms with van der Waals surface area (Å²) in [5.74, 6) is -1.58. The third-order valence-electron chi connectivity index (χ3n) is 7.71. The number of halogens is 1. The third-order valence-corrected chi connectivity index (χ3v) is 7.96. The minimum atomic E-state index is -1.27. The van der Waals surface area contributed by atoms with Crippen molar-refractivity contribution in [3.8, 4) is 0 Å². The van der Waals surface area contributed by atoms with Crippen molar-refractivity contribution < 1.29 is 14.4 Å². The quantitative estimate of drug-likeness (QED) is 0.515. The smallest absolute Gasteiger partial charge is 0.238 e. The molecule has 3 heterocycles. The average Bonchev–Trinajstić information content (AvgIpc) is 3.32. The van der Waals surface area contributed by atoms with Gasteiger partial charge < -0.3 is 10.2 Å². The van der Waals surface area contributed by atoms with Crippen molar-refractivity contribution in [1.82, 2.24) is 0 Å². The van der Waals surface area contributed by atoms with Crippen LogP contribution in [0.15, 0.2) is 78.9 Å². The first-order valence-electron chi connectivity index (χ1n) is 11.6. The first-order chi connectivity index (χ1) is 16.9. The zero-order valence-electron chi connectivity index (χ0n) is 19.3. The van der Waals surface area contributed by atoms with Gasteiger partial charge in [-0.15, -0.1) is 0 Å². The molecular formula is C29H23ClN2O3. The molecule has 0 unspecified atom stereocenters. The minimum absolute atomic E-state index is 0.154. The molecule has 35 heavy (non-hydrogen) atoms. The third kappa shape index (κ3) is 2.85. The Labute approximate surface area is 208 Å². The van der Waals surface area contributed by atoms with Crippen molar-refractivity contribution in [1.29, 1.82) is 0 Å². The number of benzene rings is 3. The Morgan fingerprint density at radius 1 is 0.971 bits per heavy atom. The second-order valence-corrected chi connectivity index (χ2v) is 9.93. The highest BCUT2D eigenvalue weighted by Crippen LogP contribution is 2.58. The second-order valence-electron chi connectivity index (χ2n) is 9.49. The molecule has 0 aliphatic carbocycles. The average molecular weight is 483 g/mol. The number of fused-ring (bicyclic) bond motifs is 6. The van der Waals surface area contributed by atoms with E-state index in [9.17, 15) is 14.4 Å². The highest BCUT2D eigenvalue weighted by molar-refractivity contribution is 6.30. The number of carbonyl (C=O) groups excluding carboxylic acids is 3. The standard InChI is InChI=1S/C29H23ClN2O3/c1-16-15-24-29(21-8-4-5-9-22(21)31-28(29)35)25(27(34)18-11-13-19(30)14-12-18)26(17(2)33)32(24)23-10-6-3-7-20(16)23/h3-15,24-26H,1-2H3,(H,31,35)/t24-,25-,26-,29+/m1/s1. The van der Waals surface area contributed by atoms with Crippen LogP contribution in [-0.4, -0.2) is 29.6 Å². The Bertz CT molecular complexity index is 1440. The predicted molar refractivity (Wildman–Crippen MR) is 137 cm³/mol. The fraction of sp³-hybridized carbons (Fsp3) is 0.207. The van der Waals surface area contributed by atoms with Gasteiger partial charge in [0.1, 0.15) is 5.41 Å². The molecule has 174 valence electrons. The van der Waals surface area contributed by atoms with Crippen molar-refractivity contribution in [3.05, 3.63) is 101 Å². The number of ketones is 2. The molecule has 1 N–H and O–H groups in total. The summed E-state index contributed by atoms with van der Waals surface area (Å²) in [6.07, 6.45) is 2.05. The summed E-state index contributed by atoms with van der Waals surface area (Å²) in [4.78, 5) is 43.7. The molecule has 3 aliphatic rings. The number of hydrogen-bond donors (Lipinski definition) is 1. The van der Waals surface area contributed by atoms with Gasteiger partial charge in [-0.05, 0) is 61.4 Å². The summed E-state index contributed by atoms with van der Waals surface area (Å²) >= 11 is 6.09. The van der Waals surface area contributed by atoms with Crippen LogP contribution in [0.4, 0.5) is 11.4 Å². The van der Waals surface area contributed by atoms with E-state index in [1.807, 2.05) is 60.4 Å². The molecular weight excluding hydrogens is 460 g/mol. The van der Waals surface area contributed by atoms with Gasteiger partial charge in [-0.25, -0.2) is 0 Å². The molecule has 0 aromatic heterocycles. The maximum Gasteiger partial charge on any atom is 0.238 e. The largest absolute Gasteiger partial charge is 0.352 e. The molecule has 3 aromatic carbocycles. The van der Waals surface area contributed by atoms with Crippen molar-refractivity contribution >= 4 is 46.0 Å². The fourth-order valence-corrected chi connectivity index (χ4v) is 6.46. The van der Waals surface area contributed by atoms with Crippen LogP contribution in [0, 0.1) is 5.92 Å². The number of anilines is 2. The molecule has 1 spiro atoms. The molecule has 0 saturated carbocycles. The zero-order chi connectivity index (χ0) is 24.5. The monoisotopic (exact) mass is 482 g/mol. The zero-order valence-corrected chi connectivity index (χ0v) is 20.0. The summed E-state index contributed by atoms with van der Waals surface area (Å²) in [7, 11) is 0. The fourth-order valence-electron chi connectivity index (χ4n) is 6.33. The maximum absolute atomic E-state index is 14.3. The Morgan fingerprint density at radius 3 is 2.40 bits per heavy atom. The number of carbonyl (C=O) groups is 3. The number of hydrogen-bond acceptors (Lipinski definition) is 4. The van der Waals surface area contributed by atoms with E-state index in [1.54, 1.807) is 24.3 Å². The van der Waals surface area contributed by atoms with Crippen LogP contribution in [0.2, 0.25) is 5.02 Å². The van der Waals surface area contributed by atoms with E-state index in [1.165, 1.54) is 6.92 Å². The minimum Gasteiger partial charge on any atom is -0.352 e. The molecule has 0 radical (unpaired) electrons. The number of amides is 1. The van der Waals surface area contributed by atoms with Gasteiger partial charge in [-0.1, -0.05) is 54.1 Å². The lowest BCUT2D eigenvalue weighted by Crippen LogP contribution is -2.51. The molecule has 3 aliphatic heterocycles. The molecule has 6 rings (SSSR count). The first-order valence-corrected chi connectivity index (χ1v) is 12.0. The van der Waals surface area contributed by atoms with Gasteiger partial charge in [0, 0.05) is 27.5 Å². The number of nitrogens with one attached hydrogen (secondary N) is 1. The number of rotatable bonds is 3. The summed E-state index contributed by atoms with van der Waals surface area (Å²) in [6, 6.07) is 20.7. The van der Waals surface area contributed by atoms with Crippen LogP contribution in [-0.2, 0) is 15.0 Å². The normalized spacial score (nSPS) is 26.0. The van der Waals surface area contributed by atoms with Crippen LogP contribution < -0.4 is 10.2 Å². The molecule has 1 fully saturated rings. The van der Waals surface area contributed by atoms with Gasteiger partial charge in [0.15, 0.2) is 11.6 Å². The Balaban J connectivity index is 1.68. The van der Waals surface area contributed by atoms with E-state index < -0.39 is 23.4 Å². The maximum atomic E-state index is 14.3. The Kier molecular flexibility index (Phi) is 4.77. The number of nitrogens with zero attached hydrogens (tertiary/aromatic N) is 1. The van der Waals surface area contributed by atoms with Crippen LogP contribution in [0.25, 0.3) is 5.57 Å². The van der Waals surface area contributed by atoms with E-state index in [0.29, 0.717) is 16.3 Å². The van der Waals surface area contributed by atoms with Gasteiger partial charge >= 0.3 is 0 Å². The summed E-state index contributed by atoms with van der Waals surface area (Å²) in [5, 5.41) is 3.54. The second kappa shape index (κ2) is 7.65. The molecule has 1 saturated heterocycles. The topological polar surface area (TPSA) is 66.5 Å². The van der Waals surface area contributed by atoms with Gasteiger partial charge in [0.2, 0.25) is 5.91 Å². The Morgan fingerprint density at radius 2 is 1.66 bits per heavy atom. The van der Waals surface area contributed by atoms with Crippen molar-refractivity contribution in [3.63, 3.8) is 0 Å². The van der Waals surface area contributed by atoms with E-state index in [2.05, 4.69) is 11.4 Å². The van der Waals surface area contributed by atoms with Gasteiger partial charge in [-0.3, -0.25) is 14.4 Å². The molecule has 1 amide bonds. The molecule has 0 bridgehead atoms. The number of para-hydroxylation sites is 2. The summed E-state index contributed by atoms with van der Waals surface area (Å²) in [6.45, 7) is 3.52. The molecule has 4 atom stereocenters. The van der Waals surface area contributed by atoms with Crippen LogP contribution in [0.5, 0.6) is 0 Å². The van der Waals surface area contributed by atoms with Crippen LogP contribution >= 0.6 is 11.6 Å². The highest BCUT2D eigenvalue weighted by atomic mass is 35.5. The van der Waals surface area contributed by atoms with E-state index in [4.69, 9.17) is 11.6 Å². The SMILES string of the molecule is CC(=O)[C@@H]1[C@H](C(=O)c2ccc(Cl)cc2)[C@@]2(C(=O)Nc3ccccc32)[C@H]2C=C(C)c3ccccc3N12. The van der Waals surface area contributed by atoms with E-state index in [0.717, 1.165) is 22.4 Å². The van der Waals surface area contributed by atoms with E-state index >= 15 is 0 Å². The lowest BCUT2D eigenvalue weighted by Gasteiger charge is -2.39. The highest BCUT2D eigenvalue weighted by Gasteiger charge is 2.70. The predicted octanol–water partition coefficient (Wildman–Crippen LogP) is 5.29. The Hall–Kier alpha value is -3.70. The van der Waals surface area contributed by atoms with Crippen molar-refractivity contribution in [2.45, 2.75) is 31.3 Å². The van der Waals surface area contributed by atoms with E-state index in [-0.39, 0.29) is 17.5 Å².